The Labute approximate surface area is 120 Å². The first kappa shape index (κ1) is 14.4. The lowest BCUT2D eigenvalue weighted by molar-refractivity contribution is -0.136. The maximum atomic E-state index is 11.7. The Morgan fingerprint density at radius 1 is 1.33 bits per heavy atom. The van der Waals surface area contributed by atoms with Crippen LogP contribution in [0, 0.1) is 0 Å². The molecule has 0 spiro atoms. The Hall–Kier alpha value is -2.97. The van der Waals surface area contributed by atoms with E-state index in [-0.39, 0.29) is 12.4 Å². The van der Waals surface area contributed by atoms with E-state index >= 15 is 0 Å². The maximum Gasteiger partial charge on any atom is 0.326 e. The van der Waals surface area contributed by atoms with Crippen LogP contribution in [-0.4, -0.2) is 37.3 Å². The number of aliphatic carboxylic acids is 1. The molecule has 110 valence electrons. The van der Waals surface area contributed by atoms with Gasteiger partial charge in [0.25, 0.3) is 5.95 Å². The molecule has 3 N–H and O–H groups in total. The molecule has 21 heavy (non-hydrogen) atoms. The minimum absolute atomic E-state index is 0.0408. The van der Waals surface area contributed by atoms with Crippen LogP contribution >= 0.6 is 0 Å². The van der Waals surface area contributed by atoms with Gasteiger partial charge in [-0.05, 0) is 29.3 Å². The molecule has 2 amide bonds. The molecule has 0 aliphatic carbocycles. The molecule has 9 heteroatoms. The van der Waals surface area contributed by atoms with Crippen molar-refractivity contribution in [1.29, 1.82) is 0 Å². The number of hydrogen-bond donors (Lipinski definition) is 3. The number of aromatic nitrogens is 4. The van der Waals surface area contributed by atoms with Crippen molar-refractivity contribution in [3.63, 3.8) is 0 Å². The van der Waals surface area contributed by atoms with Gasteiger partial charge in [0.2, 0.25) is 0 Å². The van der Waals surface area contributed by atoms with Crippen LogP contribution in [0.5, 0.6) is 0 Å². The summed E-state index contributed by atoms with van der Waals surface area (Å²) < 4.78 is 0. The molecule has 0 atom stereocenters. The summed E-state index contributed by atoms with van der Waals surface area (Å²) in [4.78, 5) is 23.5. The maximum absolute atomic E-state index is 11.7. The molecule has 0 bridgehead atoms. The molecule has 2 rings (SSSR count). The monoisotopic (exact) mass is 290 g/mol. The fourth-order valence-electron chi connectivity index (χ4n) is 1.65. The average Bonchev–Trinajstić information content (AvgIpc) is 2.82. The number of benzene rings is 1. The number of carboxylic acid groups (broad SMARTS) is 1. The molecule has 0 unspecified atom stereocenters. The number of aryl methyl sites for hydroxylation is 2. The van der Waals surface area contributed by atoms with Crippen molar-refractivity contribution in [2.24, 2.45) is 7.05 Å². The number of carbonyl (C=O) groups excluding carboxylic acids is 1. The third-order valence-corrected chi connectivity index (χ3v) is 2.55. The molecule has 1 aromatic heterocycles. The third-order valence-electron chi connectivity index (χ3n) is 2.55. The summed E-state index contributed by atoms with van der Waals surface area (Å²) >= 11 is 0. The van der Waals surface area contributed by atoms with Crippen molar-refractivity contribution < 1.29 is 14.7 Å². The SMILES string of the molecule is Cn1nnc(NC(=O)Nc2cccc(CCC(=O)O)c2)n1. The number of tetrazole rings is 1. The van der Waals surface area contributed by atoms with Crippen molar-refractivity contribution in [1.82, 2.24) is 20.2 Å². The molecule has 0 saturated carbocycles. The Morgan fingerprint density at radius 3 is 2.81 bits per heavy atom. The van der Waals surface area contributed by atoms with Crippen LogP contribution in [0.3, 0.4) is 0 Å². The lowest BCUT2D eigenvalue weighted by atomic mass is 10.1. The third kappa shape index (κ3) is 4.56. The van der Waals surface area contributed by atoms with E-state index in [1.165, 1.54) is 4.80 Å². The second-order valence-corrected chi connectivity index (χ2v) is 4.28. The van der Waals surface area contributed by atoms with Crippen molar-refractivity contribution in [3.05, 3.63) is 29.8 Å². The summed E-state index contributed by atoms with van der Waals surface area (Å²) in [5.74, 6) is -0.767. The summed E-state index contributed by atoms with van der Waals surface area (Å²) in [6, 6.07) is 6.46. The van der Waals surface area contributed by atoms with Gasteiger partial charge in [0.15, 0.2) is 0 Å². The molecule has 2 aromatic rings. The largest absolute Gasteiger partial charge is 0.481 e. The highest BCUT2D eigenvalue weighted by molar-refractivity contribution is 5.98. The first-order chi connectivity index (χ1) is 10.0. The first-order valence-corrected chi connectivity index (χ1v) is 6.15. The molecule has 0 saturated heterocycles. The van der Waals surface area contributed by atoms with Gasteiger partial charge in [0.05, 0.1) is 7.05 Å². The predicted octanol–water partition coefficient (Wildman–Crippen LogP) is 0.871. The molecule has 1 heterocycles. The van der Waals surface area contributed by atoms with Gasteiger partial charge in [-0.3, -0.25) is 10.1 Å². The highest BCUT2D eigenvalue weighted by atomic mass is 16.4. The van der Waals surface area contributed by atoms with Crippen molar-refractivity contribution in [3.8, 4) is 0 Å². The van der Waals surface area contributed by atoms with Gasteiger partial charge in [0.1, 0.15) is 0 Å². The highest BCUT2D eigenvalue weighted by Gasteiger charge is 2.07. The average molecular weight is 290 g/mol. The predicted molar refractivity (Wildman–Crippen MR) is 73.8 cm³/mol. The number of urea groups is 1. The number of nitrogens with zero attached hydrogens (tertiary/aromatic N) is 4. The van der Waals surface area contributed by atoms with Crippen LogP contribution in [0.25, 0.3) is 0 Å². The molecule has 0 radical (unpaired) electrons. The zero-order valence-corrected chi connectivity index (χ0v) is 11.3. The minimum atomic E-state index is -0.861. The van der Waals surface area contributed by atoms with Crippen LogP contribution in [0.4, 0.5) is 16.4 Å². The smallest absolute Gasteiger partial charge is 0.326 e. The van der Waals surface area contributed by atoms with Crippen LogP contribution in [0.15, 0.2) is 24.3 Å². The quantitative estimate of drug-likeness (QED) is 0.751. The van der Waals surface area contributed by atoms with E-state index in [1.54, 1.807) is 31.3 Å². The summed E-state index contributed by atoms with van der Waals surface area (Å²) in [6.45, 7) is 0. The van der Waals surface area contributed by atoms with E-state index in [1.807, 2.05) is 0 Å². The zero-order valence-electron chi connectivity index (χ0n) is 11.3. The van der Waals surface area contributed by atoms with E-state index in [4.69, 9.17) is 5.11 Å². The van der Waals surface area contributed by atoms with Gasteiger partial charge < -0.3 is 10.4 Å². The Balaban J connectivity index is 1.94. The fraction of sp³-hybridized carbons (Fsp3) is 0.250. The number of carbonyl (C=O) groups is 2. The number of nitrogens with one attached hydrogen (secondary N) is 2. The molecule has 1 aromatic carbocycles. The minimum Gasteiger partial charge on any atom is -0.481 e. The van der Waals surface area contributed by atoms with E-state index in [9.17, 15) is 9.59 Å². The van der Waals surface area contributed by atoms with E-state index in [0.717, 1.165) is 5.56 Å². The standard InChI is InChI=1S/C12H14N6O3/c1-18-16-11(15-17-18)14-12(21)13-9-4-2-3-8(7-9)5-6-10(19)20/h2-4,7H,5-6H2,1H3,(H,19,20)(H2,13,14,16,21). The summed E-state index contributed by atoms with van der Waals surface area (Å²) in [6.07, 6.45) is 0.442. The lowest BCUT2D eigenvalue weighted by Crippen LogP contribution is -2.20. The van der Waals surface area contributed by atoms with Crippen molar-refractivity contribution in [2.45, 2.75) is 12.8 Å². The van der Waals surface area contributed by atoms with E-state index in [2.05, 4.69) is 26.0 Å². The summed E-state index contributed by atoms with van der Waals surface area (Å²) in [7, 11) is 1.59. The Morgan fingerprint density at radius 2 is 2.14 bits per heavy atom. The molecule has 0 aliphatic heterocycles. The first-order valence-electron chi connectivity index (χ1n) is 6.15. The van der Waals surface area contributed by atoms with Gasteiger partial charge in [-0.25, -0.2) is 4.79 Å². The van der Waals surface area contributed by atoms with Gasteiger partial charge in [0, 0.05) is 12.1 Å². The topological polar surface area (TPSA) is 122 Å². The van der Waals surface area contributed by atoms with Gasteiger partial charge >= 0.3 is 12.0 Å². The van der Waals surface area contributed by atoms with Gasteiger partial charge in [-0.2, -0.15) is 4.80 Å². The van der Waals surface area contributed by atoms with Crippen molar-refractivity contribution in [2.75, 3.05) is 10.6 Å². The number of carboxylic acids is 1. The molecule has 9 nitrogen and oxygen atoms in total. The lowest BCUT2D eigenvalue weighted by Gasteiger charge is -2.06. The number of hydrogen-bond acceptors (Lipinski definition) is 5. The molecule has 0 aliphatic rings. The molecular formula is C12H14N6O3. The Kier molecular flexibility index (Phi) is 4.44. The van der Waals surface area contributed by atoms with Crippen LogP contribution in [-0.2, 0) is 18.3 Å². The van der Waals surface area contributed by atoms with Crippen LogP contribution < -0.4 is 10.6 Å². The normalized spacial score (nSPS) is 10.1. The summed E-state index contributed by atoms with van der Waals surface area (Å²) in [5.41, 5.74) is 1.38. The number of amides is 2. The van der Waals surface area contributed by atoms with Gasteiger partial charge in [-0.15, -0.1) is 5.10 Å². The molecular weight excluding hydrogens is 276 g/mol. The highest BCUT2D eigenvalue weighted by Crippen LogP contribution is 2.12. The molecule has 0 fully saturated rings. The van der Waals surface area contributed by atoms with Crippen LogP contribution in [0.2, 0.25) is 0 Å². The van der Waals surface area contributed by atoms with Gasteiger partial charge in [-0.1, -0.05) is 17.2 Å². The Bertz CT molecular complexity index is 654. The number of anilines is 2. The fourth-order valence-corrected chi connectivity index (χ4v) is 1.65. The zero-order chi connectivity index (χ0) is 15.2. The van der Waals surface area contributed by atoms with Crippen molar-refractivity contribution >= 4 is 23.6 Å². The second kappa shape index (κ2) is 6.46. The summed E-state index contributed by atoms with van der Waals surface area (Å²) in [5, 5.41) is 24.7. The van der Waals surface area contributed by atoms with Crippen LogP contribution in [0.1, 0.15) is 12.0 Å². The number of rotatable bonds is 5. The second-order valence-electron chi connectivity index (χ2n) is 4.28. The van der Waals surface area contributed by atoms with E-state index < -0.39 is 12.0 Å². The van der Waals surface area contributed by atoms with E-state index in [0.29, 0.717) is 12.1 Å².